The van der Waals surface area contributed by atoms with Gasteiger partial charge in [0, 0.05) is 16.2 Å². The Morgan fingerprint density at radius 3 is 2.10 bits per heavy atom. The first kappa shape index (κ1) is 15.7. The molecule has 0 aliphatic heterocycles. The van der Waals surface area contributed by atoms with Gasteiger partial charge in [-0.25, -0.2) is 21.6 Å². The summed E-state index contributed by atoms with van der Waals surface area (Å²) in [6, 6.07) is 6.62. The van der Waals surface area contributed by atoms with Crippen molar-refractivity contribution in [3.8, 4) is 5.75 Å². The van der Waals surface area contributed by atoms with Gasteiger partial charge in [-0.05, 0) is 18.2 Å². The summed E-state index contributed by atoms with van der Waals surface area (Å²) in [5.74, 6) is -3.88. The highest BCUT2D eigenvalue weighted by Gasteiger charge is 2.19. The standard InChI is InChI=1S/C13H8ClF3O3S/c14-21(18,19)9-5-11(16)13(12(17)6-9)20-7-8-3-1-2-4-10(8)15/h1-6H,7H2. The van der Waals surface area contributed by atoms with Gasteiger partial charge in [0.1, 0.15) is 12.4 Å². The van der Waals surface area contributed by atoms with Crippen molar-refractivity contribution < 1.29 is 26.3 Å². The van der Waals surface area contributed by atoms with Gasteiger partial charge < -0.3 is 4.74 Å². The fourth-order valence-electron chi connectivity index (χ4n) is 1.58. The van der Waals surface area contributed by atoms with E-state index in [1.165, 1.54) is 24.3 Å². The molecule has 0 aromatic heterocycles. The summed E-state index contributed by atoms with van der Waals surface area (Å²) in [5.41, 5.74) is 0.102. The van der Waals surface area contributed by atoms with Gasteiger partial charge in [-0.3, -0.25) is 0 Å². The molecule has 3 nitrogen and oxygen atoms in total. The monoisotopic (exact) mass is 336 g/mol. The Balaban J connectivity index is 2.28. The van der Waals surface area contributed by atoms with Crippen LogP contribution in [0.4, 0.5) is 13.2 Å². The number of hydrogen-bond donors (Lipinski definition) is 0. The molecule has 0 heterocycles. The Morgan fingerprint density at radius 2 is 1.57 bits per heavy atom. The van der Waals surface area contributed by atoms with Crippen molar-refractivity contribution >= 4 is 19.7 Å². The third-order valence-electron chi connectivity index (χ3n) is 2.58. The molecule has 0 fully saturated rings. The molecular weight excluding hydrogens is 329 g/mol. The first-order valence-electron chi connectivity index (χ1n) is 5.59. The van der Waals surface area contributed by atoms with E-state index in [0.717, 1.165) is 0 Å². The Morgan fingerprint density at radius 1 is 1.00 bits per heavy atom. The lowest BCUT2D eigenvalue weighted by molar-refractivity contribution is 0.268. The predicted octanol–water partition coefficient (Wildman–Crippen LogP) is 3.61. The smallest absolute Gasteiger partial charge is 0.261 e. The van der Waals surface area contributed by atoms with Crippen LogP contribution in [0.25, 0.3) is 0 Å². The van der Waals surface area contributed by atoms with Gasteiger partial charge in [0.05, 0.1) is 4.90 Å². The van der Waals surface area contributed by atoms with Crippen LogP contribution in [0.1, 0.15) is 5.56 Å². The lowest BCUT2D eigenvalue weighted by atomic mass is 10.2. The topological polar surface area (TPSA) is 43.4 Å². The maximum atomic E-state index is 13.7. The van der Waals surface area contributed by atoms with E-state index < -0.39 is 43.8 Å². The van der Waals surface area contributed by atoms with E-state index in [9.17, 15) is 21.6 Å². The third kappa shape index (κ3) is 3.68. The second-order valence-electron chi connectivity index (χ2n) is 4.03. The number of benzene rings is 2. The van der Waals surface area contributed by atoms with Gasteiger partial charge in [0.15, 0.2) is 17.4 Å². The molecule has 0 radical (unpaired) electrons. The quantitative estimate of drug-likeness (QED) is 0.801. The molecule has 0 saturated carbocycles. The Hall–Kier alpha value is -1.73. The zero-order valence-corrected chi connectivity index (χ0v) is 11.9. The van der Waals surface area contributed by atoms with Crippen LogP contribution in [0, 0.1) is 17.5 Å². The van der Waals surface area contributed by atoms with Crippen LogP contribution in [-0.4, -0.2) is 8.42 Å². The molecule has 0 spiro atoms. The average molecular weight is 337 g/mol. The first-order valence-corrected chi connectivity index (χ1v) is 7.90. The normalized spacial score (nSPS) is 11.4. The number of rotatable bonds is 4. The van der Waals surface area contributed by atoms with Crippen LogP contribution in [0.2, 0.25) is 0 Å². The highest BCUT2D eigenvalue weighted by atomic mass is 35.7. The van der Waals surface area contributed by atoms with Gasteiger partial charge in [-0.15, -0.1) is 0 Å². The summed E-state index contributed by atoms with van der Waals surface area (Å²) in [5, 5.41) is 0. The molecule has 2 aromatic carbocycles. The van der Waals surface area contributed by atoms with Gasteiger partial charge >= 0.3 is 0 Å². The molecule has 21 heavy (non-hydrogen) atoms. The second kappa shape index (κ2) is 5.95. The van der Waals surface area contributed by atoms with Crippen LogP contribution in [0.15, 0.2) is 41.3 Å². The molecule has 2 aromatic rings. The maximum absolute atomic E-state index is 13.7. The minimum atomic E-state index is -4.26. The van der Waals surface area contributed by atoms with Crippen molar-refractivity contribution in [2.45, 2.75) is 11.5 Å². The summed E-state index contributed by atoms with van der Waals surface area (Å²) >= 11 is 0. The molecule has 8 heteroatoms. The minimum Gasteiger partial charge on any atom is -0.483 e. The maximum Gasteiger partial charge on any atom is 0.261 e. The van der Waals surface area contributed by atoms with E-state index in [1.807, 2.05) is 0 Å². The molecule has 0 aliphatic rings. The molecule has 0 saturated heterocycles. The van der Waals surface area contributed by atoms with Crippen molar-refractivity contribution in [1.82, 2.24) is 0 Å². The molecular formula is C13H8ClF3O3S. The van der Waals surface area contributed by atoms with Crippen molar-refractivity contribution in [2.75, 3.05) is 0 Å². The predicted molar refractivity (Wildman–Crippen MR) is 70.1 cm³/mol. The van der Waals surface area contributed by atoms with Crippen LogP contribution < -0.4 is 4.74 Å². The van der Waals surface area contributed by atoms with E-state index in [1.54, 1.807) is 0 Å². The molecule has 0 amide bonds. The van der Waals surface area contributed by atoms with Crippen LogP contribution >= 0.6 is 10.7 Å². The van der Waals surface area contributed by atoms with E-state index in [-0.39, 0.29) is 5.56 Å². The van der Waals surface area contributed by atoms with E-state index >= 15 is 0 Å². The van der Waals surface area contributed by atoms with Crippen molar-refractivity contribution in [3.05, 3.63) is 59.4 Å². The van der Waals surface area contributed by atoms with Crippen molar-refractivity contribution in [1.29, 1.82) is 0 Å². The molecule has 0 atom stereocenters. The van der Waals surface area contributed by atoms with Gasteiger partial charge in [-0.1, -0.05) is 18.2 Å². The summed E-state index contributed by atoms with van der Waals surface area (Å²) in [4.78, 5) is -0.725. The number of ether oxygens (including phenoxy) is 1. The Kier molecular flexibility index (Phi) is 4.43. The van der Waals surface area contributed by atoms with E-state index in [2.05, 4.69) is 0 Å². The number of hydrogen-bond acceptors (Lipinski definition) is 3. The lowest BCUT2D eigenvalue weighted by Gasteiger charge is -2.10. The average Bonchev–Trinajstić information content (AvgIpc) is 2.38. The molecule has 2 rings (SSSR count). The zero-order valence-electron chi connectivity index (χ0n) is 10.3. The molecule has 0 unspecified atom stereocenters. The Labute approximate surface area is 123 Å². The minimum absolute atomic E-state index is 0.102. The van der Waals surface area contributed by atoms with Crippen LogP contribution in [0.5, 0.6) is 5.75 Å². The summed E-state index contributed by atoms with van der Waals surface area (Å²) in [6.45, 7) is -0.409. The van der Waals surface area contributed by atoms with Gasteiger partial charge in [0.2, 0.25) is 0 Å². The second-order valence-corrected chi connectivity index (χ2v) is 6.60. The summed E-state index contributed by atoms with van der Waals surface area (Å²) < 4.78 is 67.6. The van der Waals surface area contributed by atoms with E-state index in [4.69, 9.17) is 15.4 Å². The number of halogens is 4. The van der Waals surface area contributed by atoms with Crippen molar-refractivity contribution in [2.24, 2.45) is 0 Å². The molecule has 0 N–H and O–H groups in total. The summed E-state index contributed by atoms with van der Waals surface area (Å²) in [6.07, 6.45) is 0. The zero-order chi connectivity index (χ0) is 15.6. The highest BCUT2D eigenvalue weighted by molar-refractivity contribution is 8.13. The Bertz CT molecular complexity index is 755. The largest absolute Gasteiger partial charge is 0.483 e. The summed E-state index contributed by atoms with van der Waals surface area (Å²) in [7, 11) is 0.735. The lowest BCUT2D eigenvalue weighted by Crippen LogP contribution is -2.03. The fraction of sp³-hybridized carbons (Fsp3) is 0.0769. The van der Waals surface area contributed by atoms with Crippen molar-refractivity contribution in [3.63, 3.8) is 0 Å². The van der Waals surface area contributed by atoms with Crippen LogP contribution in [0.3, 0.4) is 0 Å². The first-order chi connectivity index (χ1) is 9.79. The molecule has 112 valence electrons. The molecule has 0 aliphatic carbocycles. The van der Waals surface area contributed by atoms with Gasteiger partial charge in [-0.2, -0.15) is 0 Å². The van der Waals surface area contributed by atoms with Gasteiger partial charge in [0.25, 0.3) is 9.05 Å². The SMILES string of the molecule is O=S(=O)(Cl)c1cc(F)c(OCc2ccccc2F)c(F)c1. The van der Waals surface area contributed by atoms with Crippen LogP contribution in [-0.2, 0) is 15.7 Å². The fourth-order valence-corrected chi connectivity index (χ4v) is 2.34. The van der Waals surface area contributed by atoms with E-state index in [0.29, 0.717) is 12.1 Å². The third-order valence-corrected chi connectivity index (χ3v) is 3.92. The molecule has 0 bridgehead atoms. The highest BCUT2D eigenvalue weighted by Crippen LogP contribution is 2.28.